The first kappa shape index (κ1) is 32.5. The van der Waals surface area contributed by atoms with Crippen LogP contribution in [0.25, 0.3) is 22.5 Å². The van der Waals surface area contributed by atoms with Crippen LogP contribution in [0.1, 0.15) is 38.1 Å². The summed E-state index contributed by atoms with van der Waals surface area (Å²) in [5.74, 6) is 0.826. The van der Waals surface area contributed by atoms with Crippen LogP contribution in [-0.2, 0) is 21.6 Å². The summed E-state index contributed by atoms with van der Waals surface area (Å²) in [6, 6.07) is 19.1. The van der Waals surface area contributed by atoms with E-state index < -0.39 is 5.41 Å². The second kappa shape index (κ2) is 14.8. The van der Waals surface area contributed by atoms with Crippen LogP contribution >= 0.6 is 24.0 Å². The number of likely N-dealkylation sites (tertiary alicyclic amines) is 1. The Morgan fingerprint density at radius 2 is 1.81 bits per heavy atom. The molecule has 228 valence electrons. The number of piperidine rings is 1. The van der Waals surface area contributed by atoms with E-state index in [9.17, 15) is 9.90 Å². The van der Waals surface area contributed by atoms with E-state index in [0.29, 0.717) is 25.5 Å². The number of amides is 1. The number of phenols is 1. The Bertz CT molecular complexity index is 1470. The van der Waals surface area contributed by atoms with Gasteiger partial charge in [0.25, 0.3) is 0 Å². The number of pyridine rings is 1. The van der Waals surface area contributed by atoms with E-state index in [1.54, 1.807) is 24.5 Å². The lowest BCUT2D eigenvalue weighted by atomic mass is 9.91. The summed E-state index contributed by atoms with van der Waals surface area (Å²) in [5.41, 5.74) is 3.88. The summed E-state index contributed by atoms with van der Waals surface area (Å²) in [7, 11) is 0. The van der Waals surface area contributed by atoms with E-state index in [1.807, 2.05) is 36.4 Å². The van der Waals surface area contributed by atoms with Crippen molar-refractivity contribution in [1.82, 2.24) is 25.2 Å². The molecule has 5 rings (SSSR count). The molecular weight excluding hydrogens is 585 g/mol. The first-order valence-corrected chi connectivity index (χ1v) is 14.8. The number of imidazole rings is 1. The monoisotopic (exact) mass is 623 g/mol. The standard InChI is InChI=1S/C33H38ClN5O3.ClH/c1-33(2,22-36-31(41)25-12-16-39(17-13-25)18-19-42-21-23-6-4-3-5-7-23)32-37-29(24-10-14-35-15-11-24)30(38-32)26-8-9-27(34)28(40)20-26;/h3-11,14-15,20,25,40H,12-13,16-19,21-22H2,1-2H3,(H,36,41)(H,37,38);1H. The minimum Gasteiger partial charge on any atom is -0.506 e. The molecule has 2 aromatic carbocycles. The molecule has 0 radical (unpaired) electrons. The number of carbonyl (C=O) groups excluding carboxylic acids is 1. The van der Waals surface area contributed by atoms with E-state index in [4.69, 9.17) is 21.3 Å². The highest BCUT2D eigenvalue weighted by Crippen LogP contribution is 2.36. The minimum atomic E-state index is -0.471. The molecule has 0 unspecified atom stereocenters. The molecular formula is C33H39Cl2N5O3. The van der Waals surface area contributed by atoms with E-state index in [1.165, 1.54) is 5.56 Å². The van der Waals surface area contributed by atoms with Gasteiger partial charge in [0.1, 0.15) is 11.6 Å². The van der Waals surface area contributed by atoms with Crippen molar-refractivity contribution in [1.29, 1.82) is 0 Å². The van der Waals surface area contributed by atoms with Gasteiger partial charge in [-0.05, 0) is 55.8 Å². The SMILES string of the molecule is CC(C)(CNC(=O)C1CCN(CCOCc2ccccc2)CC1)c1nc(-c2ccc(Cl)c(O)c2)c(-c2ccncc2)[nH]1.Cl. The van der Waals surface area contributed by atoms with Crippen LogP contribution in [0.2, 0.25) is 5.02 Å². The fourth-order valence-electron chi connectivity index (χ4n) is 5.20. The van der Waals surface area contributed by atoms with Gasteiger partial charge in [-0.1, -0.05) is 61.8 Å². The van der Waals surface area contributed by atoms with Crippen molar-refractivity contribution < 1.29 is 14.6 Å². The predicted molar refractivity (Wildman–Crippen MR) is 172 cm³/mol. The summed E-state index contributed by atoms with van der Waals surface area (Å²) >= 11 is 6.06. The molecule has 1 fully saturated rings. The van der Waals surface area contributed by atoms with Crippen molar-refractivity contribution in [3.05, 3.63) is 89.5 Å². The normalized spacial score (nSPS) is 14.3. The third-order valence-electron chi connectivity index (χ3n) is 7.86. The highest BCUT2D eigenvalue weighted by molar-refractivity contribution is 6.32. The molecule has 10 heteroatoms. The van der Waals surface area contributed by atoms with Crippen molar-refractivity contribution >= 4 is 29.9 Å². The molecule has 0 bridgehead atoms. The van der Waals surface area contributed by atoms with Crippen LogP contribution in [0, 0.1) is 5.92 Å². The minimum absolute atomic E-state index is 0. The quantitative estimate of drug-likeness (QED) is 0.171. The highest BCUT2D eigenvalue weighted by Gasteiger charge is 2.30. The van der Waals surface area contributed by atoms with E-state index in [-0.39, 0.29) is 35.0 Å². The zero-order valence-corrected chi connectivity index (χ0v) is 26.1. The fourth-order valence-corrected chi connectivity index (χ4v) is 5.32. The third kappa shape index (κ3) is 8.36. The molecule has 1 saturated heterocycles. The number of hydrogen-bond donors (Lipinski definition) is 3. The van der Waals surface area contributed by atoms with Gasteiger partial charge in [-0.15, -0.1) is 12.4 Å². The van der Waals surface area contributed by atoms with Gasteiger partial charge in [-0.2, -0.15) is 0 Å². The van der Waals surface area contributed by atoms with Crippen molar-refractivity contribution in [3.63, 3.8) is 0 Å². The maximum absolute atomic E-state index is 13.2. The Balaban J connectivity index is 0.00000423. The number of nitrogens with one attached hydrogen (secondary N) is 2. The topological polar surface area (TPSA) is 103 Å². The number of carbonyl (C=O) groups is 1. The van der Waals surface area contributed by atoms with Crippen molar-refractivity contribution in [2.24, 2.45) is 5.92 Å². The lowest BCUT2D eigenvalue weighted by Crippen LogP contribution is -2.44. The molecule has 3 N–H and O–H groups in total. The van der Waals surface area contributed by atoms with Crippen LogP contribution in [0.5, 0.6) is 5.75 Å². The van der Waals surface area contributed by atoms with Crippen LogP contribution in [0.4, 0.5) is 0 Å². The number of H-pyrrole nitrogens is 1. The summed E-state index contributed by atoms with van der Waals surface area (Å²) in [4.78, 5) is 28.1. The van der Waals surface area contributed by atoms with Gasteiger partial charge in [0.05, 0.1) is 29.6 Å². The maximum atomic E-state index is 13.2. The first-order chi connectivity index (χ1) is 20.3. The Morgan fingerprint density at radius 1 is 1.09 bits per heavy atom. The zero-order valence-electron chi connectivity index (χ0n) is 24.6. The molecule has 0 aliphatic carbocycles. The molecule has 1 amide bonds. The van der Waals surface area contributed by atoms with Gasteiger partial charge < -0.3 is 25.0 Å². The lowest BCUT2D eigenvalue weighted by Gasteiger charge is -2.32. The van der Waals surface area contributed by atoms with Crippen LogP contribution < -0.4 is 5.32 Å². The van der Waals surface area contributed by atoms with Crippen molar-refractivity contribution in [3.8, 4) is 28.3 Å². The highest BCUT2D eigenvalue weighted by atomic mass is 35.5. The summed E-state index contributed by atoms with van der Waals surface area (Å²) in [5, 5.41) is 13.7. The first-order valence-electron chi connectivity index (χ1n) is 14.4. The Labute approximate surface area is 264 Å². The van der Waals surface area contributed by atoms with E-state index in [0.717, 1.165) is 55.1 Å². The number of benzene rings is 2. The average molecular weight is 625 g/mol. The van der Waals surface area contributed by atoms with E-state index >= 15 is 0 Å². The Hall–Kier alpha value is -3.43. The molecule has 0 atom stereocenters. The lowest BCUT2D eigenvalue weighted by molar-refractivity contribution is -0.126. The van der Waals surface area contributed by atoms with Crippen LogP contribution in [0.3, 0.4) is 0 Å². The maximum Gasteiger partial charge on any atom is 0.223 e. The number of halogens is 2. The van der Waals surface area contributed by atoms with Gasteiger partial charge in [0.15, 0.2) is 0 Å². The fraction of sp³-hybridized carbons (Fsp3) is 0.364. The molecule has 8 nitrogen and oxygen atoms in total. The predicted octanol–water partition coefficient (Wildman–Crippen LogP) is 6.24. The molecule has 4 aromatic rings. The third-order valence-corrected chi connectivity index (χ3v) is 8.18. The van der Waals surface area contributed by atoms with Crippen molar-refractivity contribution in [2.75, 3.05) is 32.8 Å². The van der Waals surface area contributed by atoms with Gasteiger partial charge in [-0.3, -0.25) is 9.78 Å². The van der Waals surface area contributed by atoms with Gasteiger partial charge in [0.2, 0.25) is 5.91 Å². The summed E-state index contributed by atoms with van der Waals surface area (Å²) in [6.45, 7) is 8.52. The molecule has 3 heterocycles. The second-order valence-corrected chi connectivity index (χ2v) is 11.9. The number of ether oxygens (including phenoxy) is 1. The zero-order chi connectivity index (χ0) is 29.5. The number of aromatic nitrogens is 3. The Morgan fingerprint density at radius 3 is 2.51 bits per heavy atom. The van der Waals surface area contributed by atoms with Gasteiger partial charge in [-0.25, -0.2) is 4.98 Å². The number of rotatable bonds is 11. The summed E-state index contributed by atoms with van der Waals surface area (Å²) in [6.07, 6.45) is 5.13. The second-order valence-electron chi connectivity index (χ2n) is 11.5. The number of phenolic OH excluding ortho intramolecular Hbond substituents is 1. The van der Waals surface area contributed by atoms with Crippen LogP contribution in [-0.4, -0.2) is 63.7 Å². The van der Waals surface area contributed by atoms with Gasteiger partial charge >= 0.3 is 0 Å². The molecule has 0 spiro atoms. The largest absolute Gasteiger partial charge is 0.506 e. The average Bonchev–Trinajstić information content (AvgIpc) is 3.48. The summed E-state index contributed by atoms with van der Waals surface area (Å²) < 4.78 is 5.84. The molecule has 0 saturated carbocycles. The Kier molecular flexibility index (Phi) is 11.2. The van der Waals surface area contributed by atoms with E-state index in [2.05, 4.69) is 46.2 Å². The smallest absolute Gasteiger partial charge is 0.223 e. The van der Waals surface area contributed by atoms with Crippen LogP contribution in [0.15, 0.2) is 73.1 Å². The number of hydrogen-bond acceptors (Lipinski definition) is 6. The van der Waals surface area contributed by atoms with Crippen molar-refractivity contribution in [2.45, 2.75) is 38.7 Å². The molecule has 43 heavy (non-hydrogen) atoms. The molecule has 1 aliphatic rings. The number of aromatic hydroxyl groups is 1. The molecule has 1 aliphatic heterocycles. The number of nitrogens with zero attached hydrogens (tertiary/aromatic N) is 3. The van der Waals surface area contributed by atoms with Gasteiger partial charge in [0, 0.05) is 47.9 Å². The number of aromatic amines is 1. The molecule has 2 aromatic heterocycles.